The lowest BCUT2D eigenvalue weighted by molar-refractivity contribution is -0.757. The van der Waals surface area contributed by atoms with Gasteiger partial charge < -0.3 is 14.6 Å². The number of amides is 1. The average molecular weight is 214 g/mol. The zero-order valence-electron chi connectivity index (χ0n) is 7.50. The first kappa shape index (κ1) is 9.32. The minimum atomic E-state index is 0.234. The van der Waals surface area contributed by atoms with Crippen molar-refractivity contribution >= 4 is 24.1 Å². The second-order valence-electron chi connectivity index (χ2n) is 2.76. The van der Waals surface area contributed by atoms with Crippen LogP contribution in [-0.2, 0) is 4.79 Å². The van der Waals surface area contributed by atoms with Gasteiger partial charge in [0, 0.05) is 17.9 Å². The highest BCUT2D eigenvalue weighted by Gasteiger charge is 2.20. The van der Waals surface area contributed by atoms with Crippen molar-refractivity contribution < 1.29 is 14.1 Å². The lowest BCUT2D eigenvalue weighted by Crippen LogP contribution is -2.61. The number of rotatable bonds is 3. The summed E-state index contributed by atoms with van der Waals surface area (Å²) >= 11 is 1.92. The Labute approximate surface area is 85.2 Å². The van der Waals surface area contributed by atoms with Gasteiger partial charge in [0.15, 0.2) is 0 Å². The van der Waals surface area contributed by atoms with Gasteiger partial charge in [-0.25, -0.2) is 0 Å². The largest absolute Gasteiger partial charge is 0.591 e. The molecule has 0 radical (unpaired) electrons. The molecule has 76 valence electrons. The second kappa shape index (κ2) is 4.32. The summed E-state index contributed by atoms with van der Waals surface area (Å²) in [5.74, 6) is 2.40. The number of nitrogens with zero attached hydrogens (tertiary/aromatic N) is 4. The fourth-order valence-corrected chi connectivity index (χ4v) is 2.11. The smallest absolute Gasteiger partial charge is 0.257 e. The van der Waals surface area contributed by atoms with Crippen LogP contribution in [0.3, 0.4) is 0 Å². The molecule has 1 amide bonds. The number of carbonyl (C=O) groups is 1. The van der Waals surface area contributed by atoms with Crippen LogP contribution < -0.4 is 9.80 Å². The Hall–Kier alpha value is -1.24. The van der Waals surface area contributed by atoms with Gasteiger partial charge >= 0.3 is 0 Å². The van der Waals surface area contributed by atoms with E-state index in [1.165, 1.54) is 0 Å². The van der Waals surface area contributed by atoms with E-state index in [1.54, 1.807) is 11.0 Å². The van der Waals surface area contributed by atoms with Crippen LogP contribution in [-0.4, -0.2) is 36.3 Å². The molecule has 6 nitrogen and oxygen atoms in total. The molecule has 1 aromatic rings. The summed E-state index contributed by atoms with van der Waals surface area (Å²) in [6, 6.07) is 0. The quantitative estimate of drug-likeness (QED) is 0.515. The van der Waals surface area contributed by atoms with E-state index in [1.807, 2.05) is 16.8 Å². The summed E-state index contributed by atoms with van der Waals surface area (Å²) in [5, 5.41) is 9.27. The molecule has 1 aliphatic rings. The molecule has 0 atom stereocenters. The minimum Gasteiger partial charge on any atom is -0.591 e. The fraction of sp³-hybridized carbons (Fsp3) is 0.571. The van der Waals surface area contributed by atoms with Crippen molar-refractivity contribution in [2.45, 2.75) is 0 Å². The van der Waals surface area contributed by atoms with Crippen molar-refractivity contribution in [3.63, 3.8) is 0 Å². The third-order valence-electron chi connectivity index (χ3n) is 1.90. The van der Waals surface area contributed by atoms with Gasteiger partial charge in [0.1, 0.15) is 5.88 Å². The molecule has 7 heteroatoms. The zero-order chi connectivity index (χ0) is 9.80. The molecule has 0 aliphatic carbocycles. The number of hydrogen-bond acceptors (Lipinski definition) is 5. The molecule has 14 heavy (non-hydrogen) atoms. The molecule has 1 fully saturated rings. The lowest BCUT2D eigenvalue weighted by Gasteiger charge is -2.17. The van der Waals surface area contributed by atoms with Crippen LogP contribution in [0, 0.1) is 0 Å². The molecule has 0 N–H and O–H groups in total. The van der Waals surface area contributed by atoms with Gasteiger partial charge in [0.2, 0.25) is 5.27 Å². The maximum absolute atomic E-state index is 10.1. The van der Waals surface area contributed by atoms with Crippen LogP contribution in [0.4, 0.5) is 5.88 Å². The first-order valence-corrected chi connectivity index (χ1v) is 5.42. The summed E-state index contributed by atoms with van der Waals surface area (Å²) in [4.78, 5) is 11.7. The van der Waals surface area contributed by atoms with Crippen LogP contribution in [0.1, 0.15) is 0 Å². The zero-order valence-corrected chi connectivity index (χ0v) is 8.31. The van der Waals surface area contributed by atoms with E-state index < -0.39 is 0 Å². The van der Waals surface area contributed by atoms with Crippen molar-refractivity contribution in [2.24, 2.45) is 0 Å². The summed E-state index contributed by atoms with van der Waals surface area (Å²) in [6.07, 6.45) is 2.04. The van der Waals surface area contributed by atoms with E-state index in [2.05, 4.69) is 10.6 Å². The molecular weight excluding hydrogens is 204 g/mol. The molecule has 0 unspecified atom stereocenters. The standard InChI is InChI=1S/C7H10N4O2S/c12-6-8-7-5-11(9-13-7)10-1-3-14-4-2-10/h5-6H,1-4H2. The predicted octanol–water partition coefficient (Wildman–Crippen LogP) is -0.192. The molecular formula is C7H10N4O2S. The molecule has 1 saturated heterocycles. The Morgan fingerprint density at radius 3 is 3.14 bits per heavy atom. The monoisotopic (exact) mass is 214 g/mol. The molecule has 1 aliphatic heterocycles. The second-order valence-corrected chi connectivity index (χ2v) is 3.99. The highest BCUT2D eigenvalue weighted by atomic mass is 32.2. The van der Waals surface area contributed by atoms with Gasteiger partial charge in [-0.15, -0.1) is 0 Å². The van der Waals surface area contributed by atoms with E-state index in [0.717, 1.165) is 24.6 Å². The van der Waals surface area contributed by atoms with Crippen LogP contribution in [0.5, 0.6) is 0 Å². The highest BCUT2D eigenvalue weighted by Crippen LogP contribution is 2.11. The summed E-state index contributed by atoms with van der Waals surface area (Å²) in [7, 11) is 0. The van der Waals surface area contributed by atoms with Crippen molar-refractivity contribution in [1.29, 1.82) is 0 Å². The number of hydrogen-bond donors (Lipinski definition) is 0. The Morgan fingerprint density at radius 1 is 1.64 bits per heavy atom. The minimum absolute atomic E-state index is 0.234. The Balaban J connectivity index is 2.03. The number of carbonyl (C=O) groups excluding carboxylic acids is 1. The molecule has 0 spiro atoms. The maximum Gasteiger partial charge on any atom is 0.257 e. The topological polar surface area (TPSA) is 64.3 Å². The van der Waals surface area contributed by atoms with Crippen LogP contribution in [0.2, 0.25) is 0 Å². The Bertz CT molecular complexity index is 310. The lowest BCUT2D eigenvalue weighted by atomic mass is 10.6. The molecule has 1 aromatic heterocycles. The summed E-state index contributed by atoms with van der Waals surface area (Å²) < 4.78 is 4.82. The molecule has 0 bridgehead atoms. The predicted molar refractivity (Wildman–Crippen MR) is 51.1 cm³/mol. The Morgan fingerprint density at radius 2 is 2.43 bits per heavy atom. The van der Waals surface area contributed by atoms with Gasteiger partial charge in [-0.2, -0.15) is 16.8 Å². The SMILES string of the molecule is O=C[N-]c1c[n+](N2CCSCC2)no1. The maximum atomic E-state index is 10.1. The number of thioether (sulfide) groups is 1. The fourth-order valence-electron chi connectivity index (χ4n) is 1.23. The van der Waals surface area contributed by atoms with Crippen molar-refractivity contribution in [2.75, 3.05) is 29.6 Å². The van der Waals surface area contributed by atoms with Crippen LogP contribution in [0.25, 0.3) is 5.32 Å². The van der Waals surface area contributed by atoms with Crippen molar-refractivity contribution in [3.05, 3.63) is 11.5 Å². The molecule has 2 heterocycles. The first-order chi connectivity index (χ1) is 6.90. The van der Waals surface area contributed by atoms with E-state index >= 15 is 0 Å². The average Bonchev–Trinajstić information content (AvgIpc) is 2.68. The van der Waals surface area contributed by atoms with Gasteiger partial charge in [-0.05, 0) is 0 Å². The first-order valence-electron chi connectivity index (χ1n) is 4.26. The normalized spacial score (nSPS) is 16.7. The van der Waals surface area contributed by atoms with Gasteiger partial charge in [-0.1, -0.05) is 0 Å². The third kappa shape index (κ3) is 1.98. The van der Waals surface area contributed by atoms with Crippen LogP contribution in [0.15, 0.2) is 10.7 Å². The van der Waals surface area contributed by atoms with E-state index in [4.69, 9.17) is 4.52 Å². The summed E-state index contributed by atoms with van der Waals surface area (Å²) in [6.45, 7) is 1.87. The van der Waals surface area contributed by atoms with Gasteiger partial charge in [0.05, 0.1) is 17.9 Å². The summed E-state index contributed by atoms with van der Waals surface area (Å²) in [5.41, 5.74) is 0. The third-order valence-corrected chi connectivity index (χ3v) is 2.84. The van der Waals surface area contributed by atoms with Gasteiger partial charge in [-0.3, -0.25) is 0 Å². The molecule has 0 saturated carbocycles. The van der Waals surface area contributed by atoms with E-state index in [0.29, 0.717) is 6.41 Å². The Kier molecular flexibility index (Phi) is 2.87. The molecule has 0 aromatic carbocycles. The van der Waals surface area contributed by atoms with Gasteiger partial charge in [0.25, 0.3) is 6.20 Å². The van der Waals surface area contributed by atoms with Crippen molar-refractivity contribution in [3.8, 4) is 0 Å². The van der Waals surface area contributed by atoms with Crippen molar-refractivity contribution in [1.82, 2.24) is 5.27 Å². The van der Waals surface area contributed by atoms with E-state index in [-0.39, 0.29) is 5.88 Å². The number of aromatic nitrogens is 2. The van der Waals surface area contributed by atoms with Crippen LogP contribution >= 0.6 is 11.8 Å². The molecule has 2 rings (SSSR count). The highest BCUT2D eigenvalue weighted by molar-refractivity contribution is 7.99. The van der Waals surface area contributed by atoms with E-state index in [9.17, 15) is 4.79 Å².